The summed E-state index contributed by atoms with van der Waals surface area (Å²) in [5.74, 6) is 1.62. The molecule has 2 heterocycles. The lowest BCUT2D eigenvalue weighted by Gasteiger charge is -2.56. The summed E-state index contributed by atoms with van der Waals surface area (Å²) < 4.78 is 0. The van der Waals surface area contributed by atoms with E-state index in [9.17, 15) is 10.1 Å². The lowest BCUT2D eigenvalue weighted by molar-refractivity contribution is -0.00699. The Morgan fingerprint density at radius 2 is 1.88 bits per heavy atom. The second-order valence-corrected chi connectivity index (χ2v) is 9.84. The van der Waals surface area contributed by atoms with Crippen molar-refractivity contribution in [2.75, 3.05) is 0 Å². The number of rotatable bonds is 4. The molecule has 1 unspecified atom stereocenters. The van der Waals surface area contributed by atoms with Crippen LogP contribution in [0.2, 0.25) is 0 Å². The number of ketones is 1. The van der Waals surface area contributed by atoms with E-state index in [4.69, 9.17) is 4.98 Å². The van der Waals surface area contributed by atoms with Gasteiger partial charge in [0.2, 0.25) is 0 Å². The maximum absolute atomic E-state index is 12.6. The Morgan fingerprint density at radius 3 is 2.44 bits per heavy atom. The Bertz CT molecular complexity index is 813. The van der Waals surface area contributed by atoms with Gasteiger partial charge in [-0.2, -0.15) is 5.26 Å². The van der Waals surface area contributed by atoms with Crippen molar-refractivity contribution in [2.24, 2.45) is 17.8 Å². The summed E-state index contributed by atoms with van der Waals surface area (Å²) in [7, 11) is 0. The Labute approximate surface area is 154 Å². The maximum atomic E-state index is 12.6. The van der Waals surface area contributed by atoms with E-state index >= 15 is 0 Å². The van der Waals surface area contributed by atoms with Crippen molar-refractivity contribution in [3.8, 4) is 6.07 Å². The highest BCUT2D eigenvalue weighted by Crippen LogP contribution is 2.60. The number of carbonyl (C=O) groups is 1. The van der Waals surface area contributed by atoms with E-state index in [1.54, 1.807) is 11.7 Å². The van der Waals surface area contributed by atoms with Crippen molar-refractivity contribution < 1.29 is 4.79 Å². The van der Waals surface area contributed by atoms with Crippen LogP contribution in [0, 0.1) is 29.1 Å². The minimum Gasteiger partial charge on any atom is -0.291 e. The van der Waals surface area contributed by atoms with Crippen LogP contribution < -0.4 is 0 Å². The molecular weight excluding hydrogens is 350 g/mol. The minimum absolute atomic E-state index is 0.170. The molecule has 0 spiro atoms. The standard InChI is InChI=1S/C19H19N3OS2/c20-7-14(17(23)15-8-21-10-25-15)18-22-16(9-24-18)19-4-11-1-12(5-19)3-13(2-11)6-19/h8-14H,1-6H2. The van der Waals surface area contributed by atoms with Gasteiger partial charge in [0, 0.05) is 17.0 Å². The number of Topliss-reactive ketones (excluding diaryl/α,β-unsaturated/α-hetero) is 1. The van der Waals surface area contributed by atoms with E-state index < -0.39 is 5.92 Å². The number of hydrogen-bond acceptors (Lipinski definition) is 6. The third kappa shape index (κ3) is 2.48. The summed E-state index contributed by atoms with van der Waals surface area (Å²) in [5, 5.41) is 12.4. The molecule has 6 rings (SSSR count). The van der Waals surface area contributed by atoms with Crippen LogP contribution >= 0.6 is 22.7 Å². The van der Waals surface area contributed by atoms with Crippen LogP contribution in [0.5, 0.6) is 0 Å². The first kappa shape index (κ1) is 15.7. The third-order valence-electron chi connectivity index (χ3n) is 6.42. The van der Waals surface area contributed by atoms with E-state index in [1.807, 2.05) is 0 Å². The molecule has 4 saturated carbocycles. The Morgan fingerprint density at radius 1 is 1.20 bits per heavy atom. The van der Waals surface area contributed by atoms with Crippen molar-refractivity contribution >= 4 is 28.5 Å². The molecule has 4 aliphatic carbocycles. The molecule has 4 nitrogen and oxygen atoms in total. The van der Waals surface area contributed by atoms with Gasteiger partial charge in [0.05, 0.1) is 22.2 Å². The van der Waals surface area contributed by atoms with Crippen LogP contribution in [0.15, 0.2) is 17.1 Å². The second-order valence-electron chi connectivity index (χ2n) is 8.06. The van der Waals surface area contributed by atoms with Gasteiger partial charge in [0.25, 0.3) is 0 Å². The molecule has 0 radical (unpaired) electrons. The third-order valence-corrected chi connectivity index (χ3v) is 8.11. The Balaban J connectivity index is 1.45. The minimum atomic E-state index is -0.798. The fourth-order valence-electron chi connectivity index (χ4n) is 5.79. The van der Waals surface area contributed by atoms with Crippen molar-refractivity contribution in [1.29, 1.82) is 5.26 Å². The smallest absolute Gasteiger partial charge is 0.198 e. The lowest BCUT2D eigenvalue weighted by Crippen LogP contribution is -2.48. The zero-order valence-electron chi connectivity index (χ0n) is 13.9. The molecule has 0 saturated heterocycles. The highest BCUT2D eigenvalue weighted by atomic mass is 32.1. The number of aromatic nitrogens is 2. The summed E-state index contributed by atoms with van der Waals surface area (Å²) in [6.07, 6.45) is 9.51. The van der Waals surface area contributed by atoms with E-state index in [1.165, 1.54) is 61.2 Å². The predicted molar refractivity (Wildman–Crippen MR) is 96.8 cm³/mol. The SMILES string of the molecule is N#CC(C(=O)c1cncs1)c1nc(C23CC4CC(CC(C4)C2)C3)cs1. The number of nitrogens with zero attached hydrogens (tertiary/aromatic N) is 3. The number of thiazole rings is 2. The van der Waals surface area contributed by atoms with Crippen molar-refractivity contribution in [3.05, 3.63) is 32.7 Å². The van der Waals surface area contributed by atoms with Crippen LogP contribution in [0.3, 0.4) is 0 Å². The van der Waals surface area contributed by atoms with Crippen molar-refractivity contribution in [3.63, 3.8) is 0 Å². The average molecular weight is 370 g/mol. The normalized spacial score (nSPS) is 34.0. The van der Waals surface area contributed by atoms with Crippen LogP contribution in [-0.4, -0.2) is 15.8 Å². The first-order chi connectivity index (χ1) is 12.2. The van der Waals surface area contributed by atoms with Gasteiger partial charge < -0.3 is 0 Å². The molecule has 128 valence electrons. The van der Waals surface area contributed by atoms with E-state index in [-0.39, 0.29) is 11.2 Å². The summed E-state index contributed by atoms with van der Waals surface area (Å²) in [4.78, 5) is 22.0. The topological polar surface area (TPSA) is 66.6 Å². The van der Waals surface area contributed by atoms with Crippen LogP contribution in [0.4, 0.5) is 0 Å². The van der Waals surface area contributed by atoms with Gasteiger partial charge in [0.15, 0.2) is 11.7 Å². The van der Waals surface area contributed by atoms with Crippen LogP contribution in [0.25, 0.3) is 0 Å². The fraction of sp³-hybridized carbons (Fsp3) is 0.579. The predicted octanol–water partition coefficient (Wildman–Crippen LogP) is 4.56. The molecular formula is C19H19N3OS2. The maximum Gasteiger partial charge on any atom is 0.198 e. The molecule has 2 aromatic rings. The monoisotopic (exact) mass is 369 g/mol. The van der Waals surface area contributed by atoms with E-state index in [0.29, 0.717) is 9.88 Å². The molecule has 4 fully saturated rings. The van der Waals surface area contributed by atoms with Gasteiger partial charge in [-0.1, -0.05) is 0 Å². The van der Waals surface area contributed by atoms with Crippen molar-refractivity contribution in [1.82, 2.24) is 9.97 Å². The lowest BCUT2D eigenvalue weighted by atomic mass is 9.49. The van der Waals surface area contributed by atoms with Gasteiger partial charge in [0.1, 0.15) is 5.01 Å². The Hall–Kier alpha value is -1.58. The highest BCUT2D eigenvalue weighted by molar-refractivity contribution is 7.12. The molecule has 25 heavy (non-hydrogen) atoms. The fourth-order valence-corrected chi connectivity index (χ4v) is 7.37. The molecule has 4 bridgehead atoms. The first-order valence-corrected chi connectivity index (χ1v) is 10.7. The van der Waals surface area contributed by atoms with Gasteiger partial charge in [-0.3, -0.25) is 9.78 Å². The zero-order chi connectivity index (χ0) is 17.0. The summed E-state index contributed by atoms with van der Waals surface area (Å²) in [6.45, 7) is 0. The average Bonchev–Trinajstić information content (AvgIpc) is 3.26. The number of nitriles is 1. The van der Waals surface area contributed by atoms with Gasteiger partial charge in [-0.25, -0.2) is 4.98 Å². The molecule has 0 N–H and O–H groups in total. The van der Waals surface area contributed by atoms with E-state index in [0.717, 1.165) is 23.4 Å². The molecule has 0 aromatic carbocycles. The molecule has 6 heteroatoms. The zero-order valence-corrected chi connectivity index (χ0v) is 15.5. The highest BCUT2D eigenvalue weighted by Gasteiger charge is 2.52. The molecule has 0 aliphatic heterocycles. The van der Waals surface area contributed by atoms with Crippen LogP contribution in [0.1, 0.15) is 64.8 Å². The van der Waals surface area contributed by atoms with E-state index in [2.05, 4.69) is 16.4 Å². The van der Waals surface area contributed by atoms with Crippen molar-refractivity contribution in [2.45, 2.75) is 49.9 Å². The summed E-state index contributed by atoms with van der Waals surface area (Å²) in [5.41, 5.74) is 3.01. The van der Waals surface area contributed by atoms with Gasteiger partial charge in [-0.15, -0.1) is 22.7 Å². The van der Waals surface area contributed by atoms with Gasteiger partial charge in [-0.05, 0) is 56.3 Å². The summed E-state index contributed by atoms with van der Waals surface area (Å²) in [6, 6.07) is 2.17. The molecule has 0 amide bonds. The quantitative estimate of drug-likeness (QED) is 0.741. The molecule has 1 atom stereocenters. The number of hydrogen-bond donors (Lipinski definition) is 0. The number of carbonyl (C=O) groups excluding carboxylic acids is 1. The second kappa shape index (κ2) is 5.72. The van der Waals surface area contributed by atoms with Crippen LogP contribution in [-0.2, 0) is 5.41 Å². The van der Waals surface area contributed by atoms with Gasteiger partial charge >= 0.3 is 0 Å². The molecule has 4 aliphatic rings. The molecule has 2 aromatic heterocycles. The largest absolute Gasteiger partial charge is 0.291 e. The Kier molecular flexibility index (Phi) is 3.58. The first-order valence-electron chi connectivity index (χ1n) is 8.95. The summed E-state index contributed by atoms with van der Waals surface area (Å²) >= 11 is 2.78.